The number of hydrogen-bond acceptors (Lipinski definition) is 5. The third kappa shape index (κ3) is 4.71. The zero-order chi connectivity index (χ0) is 21.1. The van der Waals surface area contributed by atoms with Crippen molar-refractivity contribution in [3.63, 3.8) is 0 Å². The molecule has 1 aliphatic heterocycles. The van der Waals surface area contributed by atoms with E-state index in [1.165, 1.54) is 23.1 Å². The molecule has 0 bridgehead atoms. The van der Waals surface area contributed by atoms with Gasteiger partial charge in [-0.1, -0.05) is 17.7 Å². The van der Waals surface area contributed by atoms with Crippen LogP contribution in [0.25, 0.3) is 0 Å². The van der Waals surface area contributed by atoms with Crippen LogP contribution in [0.2, 0.25) is 5.02 Å². The third-order valence-corrected chi connectivity index (χ3v) is 7.31. The monoisotopic (exact) mass is 460 g/mol. The number of hydrogen-bond donors (Lipinski definition) is 1. The molecule has 0 unspecified atom stereocenters. The lowest BCUT2D eigenvalue weighted by molar-refractivity contribution is -0.121. The van der Waals surface area contributed by atoms with Crippen LogP contribution in [0.4, 0.5) is 5.69 Å². The molecule has 0 spiro atoms. The van der Waals surface area contributed by atoms with Crippen molar-refractivity contribution in [3.05, 3.63) is 58.0 Å². The van der Waals surface area contributed by atoms with Crippen LogP contribution in [0, 0.1) is 5.92 Å². The number of benzene rings is 1. The summed E-state index contributed by atoms with van der Waals surface area (Å²) >= 11 is 9.10. The van der Waals surface area contributed by atoms with Gasteiger partial charge < -0.3 is 14.8 Å². The Labute approximate surface area is 188 Å². The van der Waals surface area contributed by atoms with Gasteiger partial charge in [0.05, 0.1) is 10.6 Å². The van der Waals surface area contributed by atoms with Crippen molar-refractivity contribution in [1.82, 2.24) is 14.5 Å². The number of aryl methyl sites for hydroxylation is 1. The van der Waals surface area contributed by atoms with E-state index in [0.717, 1.165) is 14.9 Å². The quantitative estimate of drug-likeness (QED) is 0.595. The van der Waals surface area contributed by atoms with Crippen molar-refractivity contribution in [2.75, 3.05) is 18.4 Å². The molecule has 1 aliphatic rings. The van der Waals surface area contributed by atoms with Gasteiger partial charge in [0.25, 0.3) is 5.91 Å². The minimum absolute atomic E-state index is 0.0396. The highest BCUT2D eigenvalue weighted by molar-refractivity contribution is 7.99. The summed E-state index contributed by atoms with van der Waals surface area (Å²) in [5.74, 6) is -0.128. The number of amides is 2. The maximum atomic E-state index is 12.9. The maximum Gasteiger partial charge on any atom is 0.263 e. The molecule has 6 nitrogen and oxygen atoms in total. The molecule has 0 atom stereocenters. The second-order valence-electron chi connectivity index (χ2n) is 7.10. The number of likely N-dealkylation sites (tertiary alicyclic amines) is 1. The van der Waals surface area contributed by atoms with Gasteiger partial charge >= 0.3 is 0 Å². The standard InChI is InChI=1S/C21H21ClN4O2S2/c1-25-11-8-23-21(25)30-17-5-4-15(22)13-16(17)24-19(27)14-6-9-26(10-7-14)20(28)18-3-2-12-29-18/h2-5,8,11-14H,6-7,9-10H2,1H3,(H,24,27). The van der Waals surface area contributed by atoms with E-state index in [-0.39, 0.29) is 17.7 Å². The minimum atomic E-state index is -0.137. The maximum absolute atomic E-state index is 12.9. The molecular formula is C21H21ClN4O2S2. The van der Waals surface area contributed by atoms with E-state index >= 15 is 0 Å². The summed E-state index contributed by atoms with van der Waals surface area (Å²) in [4.78, 5) is 33.2. The number of nitrogens with zero attached hydrogens (tertiary/aromatic N) is 3. The number of piperidine rings is 1. The number of nitrogens with one attached hydrogen (secondary N) is 1. The largest absolute Gasteiger partial charge is 0.338 e. The molecule has 1 aromatic carbocycles. The highest BCUT2D eigenvalue weighted by Gasteiger charge is 2.28. The van der Waals surface area contributed by atoms with Gasteiger partial charge in [-0.05, 0) is 54.2 Å². The lowest BCUT2D eigenvalue weighted by Crippen LogP contribution is -2.41. The normalized spacial score (nSPS) is 14.7. The van der Waals surface area contributed by atoms with E-state index in [1.807, 2.05) is 46.3 Å². The van der Waals surface area contributed by atoms with Gasteiger partial charge in [-0.25, -0.2) is 4.98 Å². The van der Waals surface area contributed by atoms with Crippen molar-refractivity contribution in [2.45, 2.75) is 22.9 Å². The number of carbonyl (C=O) groups is 2. The van der Waals surface area contributed by atoms with Crippen LogP contribution in [0.15, 0.2) is 58.2 Å². The number of carbonyl (C=O) groups excluding carboxylic acids is 2. The SMILES string of the molecule is Cn1ccnc1Sc1ccc(Cl)cc1NC(=O)C1CCN(C(=O)c2cccs2)CC1. The molecule has 9 heteroatoms. The molecular weight excluding hydrogens is 440 g/mol. The van der Waals surface area contributed by atoms with Crippen LogP contribution in [0.1, 0.15) is 22.5 Å². The summed E-state index contributed by atoms with van der Waals surface area (Å²) in [5.41, 5.74) is 0.678. The fourth-order valence-electron chi connectivity index (χ4n) is 3.37. The number of rotatable bonds is 5. The van der Waals surface area contributed by atoms with Gasteiger partial charge in [-0.15, -0.1) is 11.3 Å². The second kappa shape index (κ2) is 9.24. The molecule has 156 valence electrons. The van der Waals surface area contributed by atoms with Gasteiger partial charge in [0, 0.05) is 48.4 Å². The predicted octanol–water partition coefficient (Wildman–Crippen LogP) is 4.78. The topological polar surface area (TPSA) is 67.2 Å². The third-order valence-electron chi connectivity index (χ3n) is 5.06. The van der Waals surface area contributed by atoms with Crippen LogP contribution in [0.3, 0.4) is 0 Å². The van der Waals surface area contributed by atoms with Crippen LogP contribution in [-0.2, 0) is 11.8 Å². The Balaban J connectivity index is 1.40. The number of aromatic nitrogens is 2. The Hall–Kier alpha value is -2.29. The summed E-state index contributed by atoms with van der Waals surface area (Å²) in [7, 11) is 1.93. The first-order valence-electron chi connectivity index (χ1n) is 9.59. The Morgan fingerprint density at radius 2 is 2.07 bits per heavy atom. The van der Waals surface area contributed by atoms with Gasteiger partial charge in [-0.2, -0.15) is 0 Å². The van der Waals surface area contributed by atoms with E-state index in [0.29, 0.717) is 36.6 Å². The van der Waals surface area contributed by atoms with Crippen LogP contribution in [0.5, 0.6) is 0 Å². The van der Waals surface area contributed by atoms with Crippen molar-refractivity contribution < 1.29 is 9.59 Å². The molecule has 30 heavy (non-hydrogen) atoms. The Kier molecular flexibility index (Phi) is 6.46. The van der Waals surface area contributed by atoms with Crippen LogP contribution < -0.4 is 5.32 Å². The molecule has 0 radical (unpaired) electrons. The molecule has 1 N–H and O–H groups in total. The smallest absolute Gasteiger partial charge is 0.263 e. The molecule has 3 aromatic rings. The van der Waals surface area contributed by atoms with Crippen molar-refractivity contribution in [1.29, 1.82) is 0 Å². The highest BCUT2D eigenvalue weighted by Crippen LogP contribution is 2.35. The molecule has 4 rings (SSSR count). The molecule has 1 saturated heterocycles. The Morgan fingerprint density at radius 1 is 1.27 bits per heavy atom. The first kappa shape index (κ1) is 21.0. The second-order valence-corrected chi connectivity index (χ2v) is 9.49. The summed E-state index contributed by atoms with van der Waals surface area (Å²) in [6.07, 6.45) is 4.90. The average molecular weight is 461 g/mol. The summed E-state index contributed by atoms with van der Waals surface area (Å²) in [5, 5.41) is 6.33. The van der Waals surface area contributed by atoms with Crippen LogP contribution >= 0.6 is 34.7 Å². The first-order valence-corrected chi connectivity index (χ1v) is 11.7. The van der Waals surface area contributed by atoms with E-state index < -0.39 is 0 Å². The molecule has 0 aliphatic carbocycles. The predicted molar refractivity (Wildman–Crippen MR) is 120 cm³/mol. The lowest BCUT2D eigenvalue weighted by Gasteiger charge is -2.31. The van der Waals surface area contributed by atoms with Crippen molar-refractivity contribution >= 4 is 52.2 Å². The van der Waals surface area contributed by atoms with Gasteiger partial charge in [0.2, 0.25) is 5.91 Å². The van der Waals surface area contributed by atoms with Crippen LogP contribution in [-0.4, -0.2) is 39.4 Å². The van der Waals surface area contributed by atoms with E-state index in [4.69, 9.17) is 11.6 Å². The molecule has 2 amide bonds. The summed E-state index contributed by atoms with van der Waals surface area (Å²) < 4.78 is 1.92. The fourth-order valence-corrected chi connectivity index (χ4v) is 5.11. The van der Waals surface area contributed by atoms with Gasteiger partial charge in [0.15, 0.2) is 5.16 Å². The van der Waals surface area contributed by atoms with Gasteiger partial charge in [0.1, 0.15) is 0 Å². The number of anilines is 1. The summed E-state index contributed by atoms with van der Waals surface area (Å²) in [6, 6.07) is 9.17. The summed E-state index contributed by atoms with van der Waals surface area (Å²) in [6.45, 7) is 1.17. The first-order chi connectivity index (χ1) is 14.5. The molecule has 1 fully saturated rings. The Bertz CT molecular complexity index is 1040. The fraction of sp³-hybridized carbons (Fsp3) is 0.286. The minimum Gasteiger partial charge on any atom is -0.338 e. The number of halogens is 1. The zero-order valence-corrected chi connectivity index (χ0v) is 18.8. The van der Waals surface area contributed by atoms with E-state index in [9.17, 15) is 9.59 Å². The zero-order valence-electron chi connectivity index (χ0n) is 16.4. The average Bonchev–Trinajstić information content (AvgIpc) is 3.42. The number of thiophene rings is 1. The molecule has 3 heterocycles. The van der Waals surface area contributed by atoms with E-state index in [1.54, 1.807) is 18.3 Å². The van der Waals surface area contributed by atoms with Crippen molar-refractivity contribution in [2.24, 2.45) is 13.0 Å². The van der Waals surface area contributed by atoms with E-state index in [2.05, 4.69) is 10.3 Å². The Morgan fingerprint density at radius 3 is 2.73 bits per heavy atom. The molecule has 2 aromatic heterocycles. The number of imidazole rings is 1. The highest BCUT2D eigenvalue weighted by atomic mass is 35.5. The molecule has 0 saturated carbocycles. The lowest BCUT2D eigenvalue weighted by atomic mass is 9.95. The van der Waals surface area contributed by atoms with Gasteiger partial charge in [-0.3, -0.25) is 9.59 Å². The van der Waals surface area contributed by atoms with Crippen molar-refractivity contribution in [3.8, 4) is 0 Å².